The van der Waals surface area contributed by atoms with Crippen LogP contribution in [0.15, 0.2) is 67.0 Å². The number of hydrogen-bond donors (Lipinski definition) is 5. The Bertz CT molecular complexity index is 2850. The summed E-state index contributed by atoms with van der Waals surface area (Å²) >= 11 is 0. The zero-order chi connectivity index (χ0) is 56.6. The van der Waals surface area contributed by atoms with Crippen molar-refractivity contribution in [1.29, 1.82) is 0 Å². The van der Waals surface area contributed by atoms with E-state index in [1.807, 2.05) is 17.0 Å². The van der Waals surface area contributed by atoms with Crippen molar-refractivity contribution in [3.8, 4) is 23.0 Å². The number of aromatic nitrogens is 2. The highest BCUT2D eigenvalue weighted by Crippen LogP contribution is 2.34. The SMILES string of the molecule is COC(=O)N[C@H](C(=O)N[C@@H](Cc1ccc(C#Cc2ccc(N3CC4CCC(C3)N4C(=O)[C@@H]3CCCO3)nc2)cc1)[C@@H](O)CN(Cc1c(F)cc(-c2cnc(F)c(F)c2)cc1F)NC(=O)[C@@H](NC(=O)OC)C(C)(C)C)C(C)(C)C. The first kappa shape index (κ1) is 58.3. The van der Waals surface area contributed by atoms with Crippen molar-refractivity contribution in [2.75, 3.05) is 45.4 Å². The maximum absolute atomic E-state index is 16.1. The topological polar surface area (TPSA) is 217 Å². The van der Waals surface area contributed by atoms with Crippen LogP contribution in [0.2, 0.25) is 0 Å². The van der Waals surface area contributed by atoms with E-state index in [2.05, 4.69) is 43.1 Å². The molecular formula is C56H67F4N9O9. The van der Waals surface area contributed by atoms with E-state index in [1.165, 1.54) is 0 Å². The lowest BCUT2D eigenvalue weighted by Gasteiger charge is -2.42. The number of pyridine rings is 2. The standard InChI is InChI=1S/C56H67F4N9O9/c1-55(2,3)47(64-53(74)76-7)50(71)63-43(22-33-14-11-32(12-15-33)13-16-34-17-20-46(61-26-34)67-28-37-18-19-38(29-67)69(37)52(73)45-10-9-21-78-45)44(70)31-68(66-51(72)48(56(4,5)6)65-54(75)77-8)30-39-40(57)23-35(24-41(39)58)36-25-42(59)49(60)62-27-36/h11-12,14-15,17,20,23-27,37-38,43-45,47-48,70H,9-10,18-19,21-22,28-31H2,1-8H3,(H,63,71)(H,64,74)(H,65,75)(H,66,72)/t37?,38?,43-,44-,45-,47+,48+/m0/s1. The quantitative estimate of drug-likeness (QED) is 0.0382. The van der Waals surface area contributed by atoms with Crippen molar-refractivity contribution in [2.24, 2.45) is 10.8 Å². The molecule has 78 heavy (non-hydrogen) atoms. The van der Waals surface area contributed by atoms with E-state index in [4.69, 9.17) is 19.2 Å². The number of methoxy groups -OCH3 is 2. The fourth-order valence-electron chi connectivity index (χ4n) is 9.83. The molecule has 5 amide bonds. The second-order valence-corrected chi connectivity index (χ2v) is 21.9. The van der Waals surface area contributed by atoms with Crippen molar-refractivity contribution < 1.29 is 60.9 Å². The Morgan fingerprint density at radius 3 is 1.87 bits per heavy atom. The number of fused-ring (bicyclic) bond motifs is 2. The molecule has 0 saturated carbocycles. The van der Waals surface area contributed by atoms with Gasteiger partial charge in [0.25, 0.3) is 11.8 Å². The zero-order valence-corrected chi connectivity index (χ0v) is 44.9. The Morgan fingerprint density at radius 2 is 1.33 bits per heavy atom. The van der Waals surface area contributed by atoms with E-state index in [-0.39, 0.29) is 41.6 Å². The van der Waals surface area contributed by atoms with Gasteiger partial charge in [-0.1, -0.05) is 65.5 Å². The number of hydrazine groups is 1. The number of hydrogen-bond acceptors (Lipinski definition) is 13. The summed E-state index contributed by atoms with van der Waals surface area (Å²) in [5.74, 6) is 0.528. The second-order valence-electron chi connectivity index (χ2n) is 21.9. The summed E-state index contributed by atoms with van der Waals surface area (Å²) in [5, 5.41) is 21.1. The van der Waals surface area contributed by atoms with E-state index in [9.17, 15) is 37.9 Å². The van der Waals surface area contributed by atoms with Gasteiger partial charge in [0.2, 0.25) is 11.9 Å². The van der Waals surface area contributed by atoms with Crippen LogP contribution in [-0.4, -0.2) is 138 Å². The number of ether oxygens (including phenoxy) is 3. The predicted octanol–water partition coefficient (Wildman–Crippen LogP) is 5.92. The molecule has 7 atom stereocenters. The van der Waals surface area contributed by atoms with Gasteiger partial charge < -0.3 is 45.1 Å². The third kappa shape index (κ3) is 14.6. The van der Waals surface area contributed by atoms with Gasteiger partial charge in [0, 0.05) is 79.5 Å². The molecule has 3 saturated heterocycles. The van der Waals surface area contributed by atoms with Crippen LogP contribution >= 0.6 is 0 Å². The highest BCUT2D eigenvalue weighted by molar-refractivity contribution is 5.87. The summed E-state index contributed by atoms with van der Waals surface area (Å²) in [7, 11) is 2.24. The molecule has 3 aliphatic heterocycles. The Labute approximate surface area is 450 Å². The predicted molar refractivity (Wildman–Crippen MR) is 279 cm³/mol. The monoisotopic (exact) mass is 1090 g/mol. The van der Waals surface area contributed by atoms with Crippen LogP contribution in [0, 0.1) is 46.1 Å². The molecule has 2 aromatic heterocycles. The van der Waals surface area contributed by atoms with E-state index in [0.29, 0.717) is 36.4 Å². The summed E-state index contributed by atoms with van der Waals surface area (Å²) in [6.45, 7) is 10.7. The lowest BCUT2D eigenvalue weighted by molar-refractivity contribution is -0.144. The lowest BCUT2D eigenvalue weighted by atomic mass is 9.85. The van der Waals surface area contributed by atoms with Crippen LogP contribution in [0.1, 0.15) is 89.5 Å². The highest BCUT2D eigenvalue weighted by atomic mass is 19.2. The summed E-state index contributed by atoms with van der Waals surface area (Å²) in [4.78, 5) is 78.7. The number of nitrogens with one attached hydrogen (secondary N) is 4. The van der Waals surface area contributed by atoms with Crippen molar-refractivity contribution in [2.45, 2.75) is 123 Å². The van der Waals surface area contributed by atoms with E-state index in [1.54, 1.807) is 72.0 Å². The third-order valence-electron chi connectivity index (χ3n) is 14.0. The molecule has 3 fully saturated rings. The van der Waals surface area contributed by atoms with Gasteiger partial charge in [-0.05, 0) is 96.5 Å². The van der Waals surface area contributed by atoms with Gasteiger partial charge in [0.05, 0.1) is 26.4 Å². The van der Waals surface area contributed by atoms with Gasteiger partial charge in [0.1, 0.15) is 35.6 Å². The average Bonchev–Trinajstić information content (AvgIpc) is 4.14. The highest BCUT2D eigenvalue weighted by Gasteiger charge is 2.45. The molecule has 22 heteroatoms. The van der Waals surface area contributed by atoms with Gasteiger partial charge in [-0.2, -0.15) is 4.39 Å². The van der Waals surface area contributed by atoms with Crippen LogP contribution in [0.4, 0.5) is 33.0 Å². The number of rotatable bonds is 16. The van der Waals surface area contributed by atoms with Gasteiger partial charge in [-0.25, -0.2) is 37.7 Å². The summed E-state index contributed by atoms with van der Waals surface area (Å²) in [6, 6.07) is 9.74. The van der Waals surface area contributed by atoms with Crippen molar-refractivity contribution >= 4 is 35.7 Å². The van der Waals surface area contributed by atoms with Crippen LogP contribution in [0.25, 0.3) is 11.1 Å². The number of amides is 5. The first-order valence-corrected chi connectivity index (χ1v) is 25.7. The fraction of sp³-hybridized carbons (Fsp3) is 0.482. The molecule has 18 nitrogen and oxygen atoms in total. The number of aliphatic hydroxyl groups is 1. The largest absolute Gasteiger partial charge is 0.453 e. The first-order valence-electron chi connectivity index (χ1n) is 25.7. The van der Waals surface area contributed by atoms with Gasteiger partial charge in [-0.3, -0.25) is 19.8 Å². The lowest BCUT2D eigenvalue weighted by Crippen LogP contribution is -2.61. The molecule has 3 aliphatic rings. The Balaban J connectivity index is 1.12. The number of aliphatic hydroxyl groups excluding tert-OH is 1. The van der Waals surface area contributed by atoms with Gasteiger partial charge >= 0.3 is 12.2 Å². The minimum Gasteiger partial charge on any atom is -0.453 e. The van der Waals surface area contributed by atoms with Crippen molar-refractivity contribution in [3.05, 3.63) is 113 Å². The molecule has 4 aromatic rings. The third-order valence-corrected chi connectivity index (χ3v) is 14.0. The molecule has 0 radical (unpaired) electrons. The molecule has 0 aliphatic carbocycles. The maximum Gasteiger partial charge on any atom is 0.407 e. The molecule has 2 bridgehead atoms. The summed E-state index contributed by atoms with van der Waals surface area (Å²) < 4.78 is 75.1. The Kier molecular flexibility index (Phi) is 18.7. The average molecular weight is 1090 g/mol. The van der Waals surface area contributed by atoms with E-state index < -0.39 is 101 Å². The van der Waals surface area contributed by atoms with Crippen molar-refractivity contribution in [1.82, 2.24) is 41.3 Å². The molecule has 0 spiro atoms. The molecule has 2 unspecified atom stereocenters. The number of alkyl carbamates (subject to hydrolysis) is 2. The normalized spacial score (nSPS) is 18.7. The summed E-state index contributed by atoms with van der Waals surface area (Å²) in [5.41, 5.74) is 1.70. The van der Waals surface area contributed by atoms with E-state index >= 15 is 8.78 Å². The molecular weight excluding hydrogens is 1020 g/mol. The number of benzene rings is 2. The number of carbonyl (C=O) groups is 5. The minimum atomic E-state index is -1.64. The number of anilines is 1. The van der Waals surface area contributed by atoms with Crippen LogP contribution < -0.4 is 26.3 Å². The van der Waals surface area contributed by atoms with Crippen LogP contribution in [0.3, 0.4) is 0 Å². The van der Waals surface area contributed by atoms with E-state index in [0.717, 1.165) is 75.1 Å². The minimum absolute atomic E-state index is 0.0600. The van der Waals surface area contributed by atoms with Crippen LogP contribution in [-0.2, 0) is 41.6 Å². The fourth-order valence-corrected chi connectivity index (χ4v) is 9.83. The van der Waals surface area contributed by atoms with Gasteiger partial charge in [0.15, 0.2) is 5.82 Å². The summed E-state index contributed by atoms with van der Waals surface area (Å²) in [6.07, 6.45) is 2.25. The zero-order valence-electron chi connectivity index (χ0n) is 44.9. The molecule has 418 valence electrons. The van der Waals surface area contributed by atoms with Gasteiger partial charge in [-0.15, -0.1) is 0 Å². The maximum atomic E-state index is 16.1. The van der Waals surface area contributed by atoms with Crippen LogP contribution in [0.5, 0.6) is 0 Å². The Hall–Kier alpha value is -7.35. The van der Waals surface area contributed by atoms with Crippen molar-refractivity contribution in [3.63, 3.8) is 0 Å². The first-order chi connectivity index (χ1) is 36.9. The number of piperazine rings is 1. The number of halogens is 4. The second kappa shape index (κ2) is 25.0. The molecule has 5 heterocycles. The molecule has 2 aromatic carbocycles. The Morgan fingerprint density at radius 1 is 0.756 bits per heavy atom. The number of carbonyl (C=O) groups excluding carboxylic acids is 5. The smallest absolute Gasteiger partial charge is 0.407 e. The molecule has 5 N–H and O–H groups in total. The number of nitrogens with zero attached hydrogens (tertiary/aromatic N) is 5. The molecule has 7 rings (SSSR count).